The second-order valence-electron chi connectivity index (χ2n) is 6.66. The number of aliphatic hydroxyl groups excluding tert-OH is 1. The predicted octanol–water partition coefficient (Wildman–Crippen LogP) is 0.661. The van der Waals surface area contributed by atoms with Crippen molar-refractivity contribution in [2.24, 2.45) is 5.73 Å². The molecule has 2 heterocycles. The van der Waals surface area contributed by atoms with Gasteiger partial charge in [0.1, 0.15) is 0 Å². The van der Waals surface area contributed by atoms with E-state index in [-0.39, 0.29) is 6.10 Å². The third-order valence-electron chi connectivity index (χ3n) is 4.76. The lowest BCUT2D eigenvalue weighted by Crippen LogP contribution is -2.46. The number of unbranched alkanes of at least 4 members (excludes halogenated alkanes) is 1. The van der Waals surface area contributed by atoms with Gasteiger partial charge in [0.2, 0.25) is 0 Å². The normalized spacial score (nSPS) is 27.3. The van der Waals surface area contributed by atoms with E-state index in [0.717, 1.165) is 65.0 Å². The Morgan fingerprint density at radius 3 is 2.71 bits per heavy atom. The van der Waals surface area contributed by atoms with Gasteiger partial charge in [-0.2, -0.15) is 0 Å². The molecule has 5 nitrogen and oxygen atoms in total. The van der Waals surface area contributed by atoms with E-state index >= 15 is 0 Å². The van der Waals surface area contributed by atoms with E-state index in [2.05, 4.69) is 16.7 Å². The quantitative estimate of drug-likeness (QED) is 0.645. The fourth-order valence-corrected chi connectivity index (χ4v) is 3.38. The van der Waals surface area contributed by atoms with Gasteiger partial charge < -0.3 is 15.6 Å². The zero-order valence-electron chi connectivity index (χ0n) is 13.5. The molecule has 2 saturated heterocycles. The molecule has 3 N–H and O–H groups in total. The van der Waals surface area contributed by atoms with Gasteiger partial charge in [-0.1, -0.05) is 13.3 Å². The van der Waals surface area contributed by atoms with Crippen molar-refractivity contribution < 1.29 is 9.84 Å². The summed E-state index contributed by atoms with van der Waals surface area (Å²) in [6.07, 6.45) is 5.35. The molecular weight excluding hydrogens is 266 g/mol. The number of piperidine rings is 1. The molecule has 0 saturated carbocycles. The lowest BCUT2D eigenvalue weighted by molar-refractivity contribution is 0.0181. The van der Waals surface area contributed by atoms with Crippen LogP contribution in [0, 0.1) is 0 Å². The number of β-amino-alcohol motifs (C(OH)–C–C–N with tert-alkyl or cyclic N) is 1. The van der Waals surface area contributed by atoms with E-state index < -0.39 is 0 Å². The average Bonchev–Trinajstić information content (AvgIpc) is 2.93. The smallest absolute Gasteiger partial charge is 0.0900 e. The third kappa shape index (κ3) is 5.83. The highest BCUT2D eigenvalue weighted by Gasteiger charge is 2.30. The fourth-order valence-electron chi connectivity index (χ4n) is 3.38. The largest absolute Gasteiger partial charge is 0.389 e. The third-order valence-corrected chi connectivity index (χ3v) is 4.76. The lowest BCUT2D eigenvalue weighted by atomic mass is 10.0. The van der Waals surface area contributed by atoms with Crippen LogP contribution < -0.4 is 5.73 Å². The molecule has 2 fully saturated rings. The number of hydrogen-bond donors (Lipinski definition) is 2. The Hall–Kier alpha value is -0.200. The van der Waals surface area contributed by atoms with E-state index in [1.807, 2.05) is 0 Å². The molecule has 0 aromatic rings. The highest BCUT2D eigenvalue weighted by Crippen LogP contribution is 2.20. The van der Waals surface area contributed by atoms with Crippen LogP contribution in [0.5, 0.6) is 0 Å². The van der Waals surface area contributed by atoms with Crippen molar-refractivity contribution in [1.82, 2.24) is 9.80 Å². The second kappa shape index (κ2) is 9.06. The summed E-state index contributed by atoms with van der Waals surface area (Å²) >= 11 is 0. The van der Waals surface area contributed by atoms with Crippen molar-refractivity contribution in [3.8, 4) is 0 Å². The molecule has 0 spiro atoms. The molecule has 0 aromatic carbocycles. The Morgan fingerprint density at radius 2 is 2.00 bits per heavy atom. The van der Waals surface area contributed by atoms with Gasteiger partial charge in [0.25, 0.3) is 0 Å². The summed E-state index contributed by atoms with van der Waals surface area (Å²) in [5, 5.41) is 10.0. The predicted molar refractivity (Wildman–Crippen MR) is 85.4 cm³/mol. The van der Waals surface area contributed by atoms with Crippen molar-refractivity contribution in [3.63, 3.8) is 0 Å². The Balaban J connectivity index is 1.61. The topological polar surface area (TPSA) is 62.0 Å². The lowest BCUT2D eigenvalue weighted by Gasteiger charge is -2.34. The van der Waals surface area contributed by atoms with Crippen LogP contribution in [0.4, 0.5) is 0 Å². The van der Waals surface area contributed by atoms with Gasteiger partial charge in [0.05, 0.1) is 12.7 Å². The summed E-state index contributed by atoms with van der Waals surface area (Å²) in [5.74, 6) is 0. The maximum Gasteiger partial charge on any atom is 0.0900 e. The van der Waals surface area contributed by atoms with Crippen molar-refractivity contribution >= 4 is 0 Å². The number of rotatable bonds is 8. The number of aliphatic hydroxyl groups is 1. The van der Waals surface area contributed by atoms with Crippen LogP contribution >= 0.6 is 0 Å². The van der Waals surface area contributed by atoms with E-state index in [1.54, 1.807) is 0 Å². The van der Waals surface area contributed by atoms with Crippen LogP contribution in [-0.2, 0) is 4.74 Å². The van der Waals surface area contributed by atoms with Crippen LogP contribution in [0.25, 0.3) is 0 Å². The minimum atomic E-state index is -0.351. The molecule has 0 amide bonds. The Kier molecular flexibility index (Phi) is 7.40. The molecule has 2 atom stereocenters. The zero-order chi connectivity index (χ0) is 15.1. The number of nitrogens with two attached hydrogens (primary N) is 1. The van der Waals surface area contributed by atoms with Crippen LogP contribution in [0.1, 0.15) is 39.0 Å². The maximum absolute atomic E-state index is 10.0. The molecule has 2 unspecified atom stereocenters. The van der Waals surface area contributed by atoms with Gasteiger partial charge in [0, 0.05) is 31.8 Å². The summed E-state index contributed by atoms with van der Waals surface area (Å²) in [6.45, 7) is 8.60. The fraction of sp³-hybridized carbons (Fsp3) is 1.00. The molecule has 2 aliphatic rings. The molecule has 0 aromatic heterocycles. The number of hydrogen-bond acceptors (Lipinski definition) is 5. The van der Waals surface area contributed by atoms with Crippen molar-refractivity contribution in [2.45, 2.75) is 57.2 Å². The monoisotopic (exact) mass is 299 g/mol. The van der Waals surface area contributed by atoms with Crippen molar-refractivity contribution in [2.75, 3.05) is 45.9 Å². The van der Waals surface area contributed by atoms with Crippen LogP contribution in [-0.4, -0.2) is 79.0 Å². The molecule has 2 rings (SSSR count). The van der Waals surface area contributed by atoms with Crippen molar-refractivity contribution in [3.05, 3.63) is 0 Å². The molecule has 5 heteroatoms. The van der Waals surface area contributed by atoms with Gasteiger partial charge in [0.15, 0.2) is 0 Å². The molecule has 0 aliphatic carbocycles. The summed E-state index contributed by atoms with van der Waals surface area (Å²) in [4.78, 5) is 4.97. The average molecular weight is 299 g/mol. The Bertz CT molecular complexity index is 283. The van der Waals surface area contributed by atoms with Crippen LogP contribution in [0.3, 0.4) is 0 Å². The van der Waals surface area contributed by atoms with E-state index in [1.165, 1.54) is 6.42 Å². The molecule has 0 bridgehead atoms. The van der Waals surface area contributed by atoms with Gasteiger partial charge in [-0.15, -0.1) is 0 Å². The molecule has 0 radical (unpaired) electrons. The van der Waals surface area contributed by atoms with Gasteiger partial charge in [-0.3, -0.25) is 9.80 Å². The molecule has 21 heavy (non-hydrogen) atoms. The number of ether oxygens (including phenoxy) is 1. The van der Waals surface area contributed by atoms with Crippen LogP contribution in [0.15, 0.2) is 0 Å². The minimum absolute atomic E-state index is 0.351. The summed E-state index contributed by atoms with van der Waals surface area (Å²) in [5.41, 5.74) is 5.97. The van der Waals surface area contributed by atoms with Crippen LogP contribution in [0.2, 0.25) is 0 Å². The molecule has 124 valence electrons. The first kappa shape index (κ1) is 17.2. The number of likely N-dealkylation sites (tertiary alicyclic amines) is 2. The van der Waals surface area contributed by atoms with E-state index in [9.17, 15) is 5.11 Å². The summed E-state index contributed by atoms with van der Waals surface area (Å²) in [7, 11) is 0. The standard InChI is InChI=1S/C16H33N3O2/c1-2-3-10-21-13-16(20)12-18-7-6-15(11-18)19-8-4-14(17)5-9-19/h14-16,20H,2-13,17H2,1H3. The van der Waals surface area contributed by atoms with E-state index in [0.29, 0.717) is 18.7 Å². The molecular formula is C16H33N3O2. The Morgan fingerprint density at radius 1 is 1.24 bits per heavy atom. The number of nitrogens with zero attached hydrogens (tertiary/aromatic N) is 2. The SMILES string of the molecule is CCCCOCC(O)CN1CCC(N2CCC(N)CC2)C1. The maximum atomic E-state index is 10.0. The first-order valence-corrected chi connectivity index (χ1v) is 8.66. The minimum Gasteiger partial charge on any atom is -0.389 e. The van der Waals surface area contributed by atoms with Gasteiger partial charge in [-0.25, -0.2) is 0 Å². The highest BCUT2D eigenvalue weighted by atomic mass is 16.5. The summed E-state index contributed by atoms with van der Waals surface area (Å²) in [6, 6.07) is 1.06. The molecule has 2 aliphatic heterocycles. The first-order valence-electron chi connectivity index (χ1n) is 8.66. The highest BCUT2D eigenvalue weighted by molar-refractivity contribution is 4.87. The Labute approximate surface area is 129 Å². The second-order valence-corrected chi connectivity index (χ2v) is 6.66. The zero-order valence-corrected chi connectivity index (χ0v) is 13.5. The summed E-state index contributed by atoms with van der Waals surface area (Å²) < 4.78 is 5.50. The van der Waals surface area contributed by atoms with Gasteiger partial charge in [-0.05, 0) is 45.3 Å². The van der Waals surface area contributed by atoms with E-state index in [4.69, 9.17) is 10.5 Å². The van der Waals surface area contributed by atoms with Gasteiger partial charge >= 0.3 is 0 Å². The first-order chi connectivity index (χ1) is 10.2. The van der Waals surface area contributed by atoms with Crippen molar-refractivity contribution in [1.29, 1.82) is 0 Å².